The lowest BCUT2D eigenvalue weighted by molar-refractivity contribution is -0.137. The van der Waals surface area contributed by atoms with Crippen molar-refractivity contribution in [3.8, 4) is 17.0 Å². The summed E-state index contributed by atoms with van der Waals surface area (Å²) in [4.78, 5) is 2.20. The van der Waals surface area contributed by atoms with Crippen molar-refractivity contribution >= 4 is 11.5 Å². The van der Waals surface area contributed by atoms with Gasteiger partial charge in [-0.3, -0.25) is 4.40 Å². The van der Waals surface area contributed by atoms with Gasteiger partial charge < -0.3 is 15.3 Å². The molecule has 4 rings (SSSR count). The molecule has 29 heavy (non-hydrogen) atoms. The second-order valence-corrected chi connectivity index (χ2v) is 7.23. The zero-order chi connectivity index (χ0) is 20.8. The minimum Gasteiger partial charge on any atom is -0.507 e. The number of piperidine rings is 1. The van der Waals surface area contributed by atoms with Crippen LogP contribution in [0.3, 0.4) is 0 Å². The summed E-state index contributed by atoms with van der Waals surface area (Å²) in [6, 6.07) is 4.33. The van der Waals surface area contributed by atoms with Gasteiger partial charge in [-0.2, -0.15) is 13.2 Å². The number of aromatic hydroxyl groups is 1. The number of aromatic nitrogens is 3. The minimum atomic E-state index is -4.77. The van der Waals surface area contributed by atoms with Gasteiger partial charge in [0.1, 0.15) is 17.3 Å². The van der Waals surface area contributed by atoms with Crippen LogP contribution in [-0.2, 0) is 6.18 Å². The number of nitrogens with zero attached hydrogens (tertiary/aromatic N) is 4. The number of likely N-dealkylation sites (N-methyl/N-ethyl adjacent to an activating group) is 1. The quantitative estimate of drug-likeness (QED) is 0.645. The Morgan fingerprint density at radius 1 is 1.24 bits per heavy atom. The molecule has 0 aliphatic carbocycles. The molecule has 0 unspecified atom stereocenters. The van der Waals surface area contributed by atoms with Crippen LogP contribution in [0.1, 0.15) is 18.4 Å². The van der Waals surface area contributed by atoms with Gasteiger partial charge in [0.15, 0.2) is 0 Å². The van der Waals surface area contributed by atoms with E-state index in [1.165, 1.54) is 0 Å². The van der Waals surface area contributed by atoms with Gasteiger partial charge in [-0.25, -0.2) is 4.39 Å². The maximum absolute atomic E-state index is 14.5. The number of hydrogen-bond donors (Lipinski definition) is 2. The second-order valence-electron chi connectivity index (χ2n) is 7.23. The summed E-state index contributed by atoms with van der Waals surface area (Å²) in [5, 5.41) is 21.6. The number of phenolic OH excluding ortho intramolecular Hbond substituents is 1. The van der Waals surface area contributed by atoms with E-state index in [0.717, 1.165) is 25.9 Å². The molecule has 1 aromatic carbocycles. The molecule has 1 fully saturated rings. The molecular weight excluding hydrogens is 390 g/mol. The third kappa shape index (κ3) is 3.71. The monoisotopic (exact) mass is 409 g/mol. The Labute approximate surface area is 163 Å². The molecular formula is C19H19F4N5O. The van der Waals surface area contributed by atoms with Gasteiger partial charge in [-0.1, -0.05) is 0 Å². The Bertz CT molecular complexity index is 1030. The van der Waals surface area contributed by atoms with Gasteiger partial charge in [0, 0.05) is 18.8 Å². The lowest BCUT2D eigenvalue weighted by atomic mass is 10.1. The number of halogens is 4. The molecule has 6 nitrogen and oxygen atoms in total. The molecule has 0 amide bonds. The van der Waals surface area contributed by atoms with E-state index >= 15 is 0 Å². The van der Waals surface area contributed by atoms with E-state index in [4.69, 9.17) is 0 Å². The van der Waals surface area contributed by atoms with Gasteiger partial charge >= 0.3 is 6.18 Å². The highest BCUT2D eigenvalue weighted by molar-refractivity contribution is 5.81. The van der Waals surface area contributed by atoms with Crippen molar-refractivity contribution in [3.05, 3.63) is 41.8 Å². The van der Waals surface area contributed by atoms with Crippen LogP contribution in [-0.4, -0.2) is 50.8 Å². The Hall–Kier alpha value is -2.88. The van der Waals surface area contributed by atoms with E-state index in [9.17, 15) is 22.7 Å². The van der Waals surface area contributed by atoms with Crippen molar-refractivity contribution in [1.29, 1.82) is 0 Å². The molecule has 0 saturated carbocycles. The Kier molecular flexibility index (Phi) is 4.81. The molecule has 2 N–H and O–H groups in total. The van der Waals surface area contributed by atoms with Crippen LogP contribution in [0.15, 0.2) is 30.5 Å². The zero-order valence-corrected chi connectivity index (χ0v) is 15.5. The molecule has 2 aromatic heterocycles. The fourth-order valence-electron chi connectivity index (χ4n) is 3.69. The van der Waals surface area contributed by atoms with Crippen molar-refractivity contribution in [3.63, 3.8) is 0 Å². The molecule has 1 atom stereocenters. The first-order valence-electron chi connectivity index (χ1n) is 9.13. The molecule has 10 heteroatoms. The highest BCUT2D eigenvalue weighted by atomic mass is 19.4. The van der Waals surface area contributed by atoms with Crippen molar-refractivity contribution in [2.75, 3.05) is 25.5 Å². The van der Waals surface area contributed by atoms with E-state index in [2.05, 4.69) is 20.4 Å². The summed E-state index contributed by atoms with van der Waals surface area (Å²) in [7, 11) is 2.03. The molecule has 0 radical (unpaired) electrons. The van der Waals surface area contributed by atoms with Crippen molar-refractivity contribution in [2.24, 2.45) is 0 Å². The Balaban J connectivity index is 1.74. The van der Waals surface area contributed by atoms with Crippen LogP contribution in [0.5, 0.6) is 5.75 Å². The van der Waals surface area contributed by atoms with Crippen LogP contribution >= 0.6 is 0 Å². The van der Waals surface area contributed by atoms with Crippen molar-refractivity contribution < 1.29 is 22.7 Å². The summed E-state index contributed by atoms with van der Waals surface area (Å²) in [5.74, 6) is -1.62. The summed E-state index contributed by atoms with van der Waals surface area (Å²) in [6.45, 7) is 1.86. The first-order chi connectivity index (χ1) is 13.7. The number of phenols is 1. The fourth-order valence-corrected chi connectivity index (χ4v) is 3.69. The van der Waals surface area contributed by atoms with Gasteiger partial charge in [0.25, 0.3) is 0 Å². The molecule has 3 heterocycles. The predicted octanol–water partition coefficient (Wildman–Crippen LogP) is 3.77. The third-order valence-electron chi connectivity index (χ3n) is 5.06. The predicted molar refractivity (Wildman–Crippen MR) is 99.2 cm³/mol. The summed E-state index contributed by atoms with van der Waals surface area (Å²) < 4.78 is 54.8. The maximum Gasteiger partial charge on any atom is 0.416 e. The van der Waals surface area contributed by atoms with Gasteiger partial charge in [0.2, 0.25) is 5.95 Å². The average Bonchev–Trinajstić information content (AvgIpc) is 3.12. The molecule has 154 valence electrons. The minimum absolute atomic E-state index is 0.0370. The average molecular weight is 409 g/mol. The number of rotatable bonds is 3. The topological polar surface area (TPSA) is 65.7 Å². The molecule has 0 bridgehead atoms. The lowest BCUT2D eigenvalue weighted by Gasteiger charge is -2.30. The van der Waals surface area contributed by atoms with Gasteiger partial charge in [-0.05, 0) is 50.7 Å². The number of hydrogen-bond acceptors (Lipinski definition) is 5. The van der Waals surface area contributed by atoms with Gasteiger partial charge in [0.05, 0.1) is 16.6 Å². The zero-order valence-electron chi connectivity index (χ0n) is 15.5. The molecule has 1 saturated heterocycles. The maximum atomic E-state index is 14.5. The highest BCUT2D eigenvalue weighted by Gasteiger charge is 2.33. The smallest absolute Gasteiger partial charge is 0.416 e. The van der Waals surface area contributed by atoms with Crippen molar-refractivity contribution in [2.45, 2.75) is 25.1 Å². The van der Waals surface area contributed by atoms with E-state index < -0.39 is 28.9 Å². The summed E-state index contributed by atoms with van der Waals surface area (Å²) in [5.41, 5.74) is -1.31. The largest absolute Gasteiger partial charge is 0.507 e. The van der Waals surface area contributed by atoms with E-state index in [0.29, 0.717) is 23.6 Å². The first-order valence-corrected chi connectivity index (χ1v) is 9.13. The number of benzene rings is 1. The Morgan fingerprint density at radius 2 is 2.03 bits per heavy atom. The van der Waals surface area contributed by atoms with E-state index in [1.807, 2.05) is 7.05 Å². The van der Waals surface area contributed by atoms with Crippen LogP contribution in [0.4, 0.5) is 23.5 Å². The molecule has 1 aliphatic heterocycles. The fraction of sp³-hybridized carbons (Fsp3) is 0.368. The molecule has 3 aromatic rings. The number of anilines is 1. The molecule has 1 aliphatic rings. The van der Waals surface area contributed by atoms with E-state index in [-0.39, 0.29) is 11.7 Å². The first kappa shape index (κ1) is 19.4. The van der Waals surface area contributed by atoms with Crippen molar-refractivity contribution in [1.82, 2.24) is 19.5 Å². The Morgan fingerprint density at radius 3 is 2.72 bits per heavy atom. The number of likely N-dealkylation sites (tertiary alicyclic amines) is 1. The summed E-state index contributed by atoms with van der Waals surface area (Å²) >= 11 is 0. The van der Waals surface area contributed by atoms with Crippen LogP contribution in [0, 0.1) is 5.82 Å². The third-order valence-corrected chi connectivity index (χ3v) is 5.06. The number of alkyl halides is 3. The molecule has 0 spiro atoms. The lowest BCUT2D eigenvalue weighted by Crippen LogP contribution is -2.40. The highest BCUT2D eigenvalue weighted by Crippen LogP contribution is 2.39. The number of nitrogens with one attached hydrogen (secondary N) is 1. The SMILES string of the molecule is CN1CCC[C@@H](Nc2nnc(-c3c(O)cc(C(F)(F)F)cc3F)c3cccn23)C1. The normalized spacial score (nSPS) is 18.3. The van der Waals surface area contributed by atoms with Crippen LogP contribution in [0.25, 0.3) is 16.8 Å². The van der Waals surface area contributed by atoms with Gasteiger partial charge in [-0.15, -0.1) is 10.2 Å². The standard InChI is InChI=1S/C19H19F4N5O/c1-27-6-2-4-12(10-27)24-18-26-25-17(14-5-3-7-28(14)18)16-13(20)8-11(9-15(16)29)19(21,22)23/h3,5,7-9,12,29H,2,4,6,10H2,1H3,(H,24,26)/t12-/m1/s1. The van der Waals surface area contributed by atoms with Crippen LogP contribution < -0.4 is 5.32 Å². The van der Waals surface area contributed by atoms with E-state index in [1.54, 1.807) is 22.7 Å². The summed E-state index contributed by atoms with van der Waals surface area (Å²) in [6.07, 6.45) is -1.07. The second kappa shape index (κ2) is 7.18. The number of fused-ring (bicyclic) bond motifs is 1. The van der Waals surface area contributed by atoms with Crippen LogP contribution in [0.2, 0.25) is 0 Å².